The first kappa shape index (κ1) is 16.6. The average Bonchev–Trinajstić information content (AvgIpc) is 2.61. The summed E-state index contributed by atoms with van der Waals surface area (Å²) >= 11 is 0. The van der Waals surface area contributed by atoms with Crippen LogP contribution in [0.3, 0.4) is 0 Å². The van der Waals surface area contributed by atoms with Crippen LogP contribution in [0.15, 0.2) is 72.8 Å². The van der Waals surface area contributed by atoms with E-state index in [-0.39, 0.29) is 12.4 Å². The van der Waals surface area contributed by atoms with Crippen molar-refractivity contribution in [3.05, 3.63) is 83.9 Å². The summed E-state index contributed by atoms with van der Waals surface area (Å²) in [6.07, 6.45) is 2.34. The Balaban J connectivity index is 1.63. The van der Waals surface area contributed by atoms with E-state index in [0.29, 0.717) is 18.8 Å². The third-order valence-electron chi connectivity index (χ3n) is 3.01. The highest BCUT2D eigenvalue weighted by molar-refractivity contribution is 6.06. The molecule has 0 aliphatic carbocycles. The molecule has 2 aromatic carbocycles. The van der Waals surface area contributed by atoms with Crippen LogP contribution < -0.4 is 0 Å². The summed E-state index contributed by atoms with van der Waals surface area (Å²) in [7, 11) is 0. The van der Waals surface area contributed by atoms with E-state index in [2.05, 4.69) is 0 Å². The minimum Gasteiger partial charge on any atom is -0.460 e. The van der Waals surface area contributed by atoms with E-state index in [0.717, 1.165) is 11.6 Å². The van der Waals surface area contributed by atoms with E-state index in [1.807, 2.05) is 36.4 Å². The van der Waals surface area contributed by atoms with Crippen molar-refractivity contribution >= 4 is 11.8 Å². The van der Waals surface area contributed by atoms with Crippen molar-refractivity contribution in [2.75, 3.05) is 13.2 Å². The van der Waals surface area contributed by atoms with Gasteiger partial charge in [0.25, 0.3) is 0 Å². The van der Waals surface area contributed by atoms with E-state index >= 15 is 0 Å². The van der Waals surface area contributed by atoms with E-state index in [4.69, 9.17) is 9.47 Å². The molecule has 0 heterocycles. The predicted molar refractivity (Wildman–Crippen MR) is 87.0 cm³/mol. The number of carbonyl (C=O) groups excluding carboxylic acids is 2. The summed E-state index contributed by atoms with van der Waals surface area (Å²) in [5.74, 6) is -0.791. The molecule has 0 amide bonds. The zero-order valence-corrected chi connectivity index (χ0v) is 12.7. The van der Waals surface area contributed by atoms with E-state index in [9.17, 15) is 9.59 Å². The number of ether oxygens (including phenoxy) is 2. The number of allylic oxidation sites excluding steroid dienone is 1. The zero-order valence-electron chi connectivity index (χ0n) is 12.7. The Morgan fingerprint density at radius 1 is 0.826 bits per heavy atom. The molecule has 0 aliphatic heterocycles. The van der Waals surface area contributed by atoms with Crippen molar-refractivity contribution in [1.29, 1.82) is 0 Å². The van der Waals surface area contributed by atoms with Gasteiger partial charge in [0.15, 0.2) is 5.78 Å². The lowest BCUT2D eigenvalue weighted by Gasteiger charge is -2.04. The summed E-state index contributed by atoms with van der Waals surface area (Å²) in [6, 6.07) is 18.5. The highest BCUT2D eigenvalue weighted by Gasteiger charge is 2.02. The summed E-state index contributed by atoms with van der Waals surface area (Å²) in [6.45, 7) is 0.928. The molecule has 0 aliphatic rings. The molecule has 2 rings (SSSR count). The van der Waals surface area contributed by atoms with Crippen molar-refractivity contribution in [2.45, 2.75) is 6.61 Å². The number of hydrogen-bond donors (Lipinski definition) is 0. The molecule has 118 valence electrons. The van der Waals surface area contributed by atoms with Crippen molar-refractivity contribution < 1.29 is 19.1 Å². The van der Waals surface area contributed by atoms with Gasteiger partial charge in [-0.1, -0.05) is 60.7 Å². The Bertz CT molecular complexity index is 648. The van der Waals surface area contributed by atoms with Crippen LogP contribution in [-0.4, -0.2) is 25.0 Å². The van der Waals surface area contributed by atoms with Gasteiger partial charge in [-0.3, -0.25) is 4.79 Å². The molecule has 0 N–H and O–H groups in total. The first-order chi connectivity index (χ1) is 11.3. The summed E-state index contributed by atoms with van der Waals surface area (Å²) in [4.78, 5) is 23.3. The maximum atomic E-state index is 11.8. The molecular weight excluding hydrogens is 292 g/mol. The smallest absolute Gasteiger partial charge is 0.330 e. The van der Waals surface area contributed by atoms with Gasteiger partial charge in [-0.15, -0.1) is 0 Å². The molecule has 0 bridgehead atoms. The van der Waals surface area contributed by atoms with Crippen LogP contribution in [0.4, 0.5) is 0 Å². The largest absolute Gasteiger partial charge is 0.460 e. The van der Waals surface area contributed by atoms with Crippen molar-refractivity contribution in [2.24, 2.45) is 0 Å². The second-order valence-corrected chi connectivity index (χ2v) is 4.77. The summed E-state index contributed by atoms with van der Waals surface area (Å²) in [5.41, 5.74) is 1.59. The van der Waals surface area contributed by atoms with Gasteiger partial charge in [0, 0.05) is 11.6 Å². The number of carbonyl (C=O) groups is 2. The third-order valence-corrected chi connectivity index (χ3v) is 3.01. The predicted octanol–water partition coefficient (Wildman–Crippen LogP) is 3.19. The van der Waals surface area contributed by atoms with Crippen LogP contribution >= 0.6 is 0 Å². The van der Waals surface area contributed by atoms with Gasteiger partial charge in [0.2, 0.25) is 0 Å². The Hall–Kier alpha value is -2.72. The van der Waals surface area contributed by atoms with Gasteiger partial charge in [0.05, 0.1) is 13.2 Å². The molecule has 0 spiro atoms. The molecule has 0 fully saturated rings. The number of esters is 1. The molecule has 0 aromatic heterocycles. The molecule has 0 unspecified atom stereocenters. The molecule has 4 nitrogen and oxygen atoms in total. The monoisotopic (exact) mass is 310 g/mol. The SMILES string of the molecule is O=C(/C=C/C(=O)c1ccccc1)OCCOCc1ccccc1. The molecule has 0 saturated carbocycles. The average molecular weight is 310 g/mol. The second kappa shape index (κ2) is 9.33. The van der Waals surface area contributed by atoms with Gasteiger partial charge in [-0.2, -0.15) is 0 Å². The first-order valence-electron chi connectivity index (χ1n) is 7.31. The molecule has 0 saturated heterocycles. The lowest BCUT2D eigenvalue weighted by Crippen LogP contribution is -2.09. The maximum absolute atomic E-state index is 11.8. The summed E-state index contributed by atoms with van der Waals surface area (Å²) in [5, 5.41) is 0. The van der Waals surface area contributed by atoms with E-state index in [1.165, 1.54) is 6.08 Å². The van der Waals surface area contributed by atoms with Crippen molar-refractivity contribution in [3.63, 3.8) is 0 Å². The van der Waals surface area contributed by atoms with Crippen LogP contribution in [0, 0.1) is 0 Å². The van der Waals surface area contributed by atoms with Crippen molar-refractivity contribution in [1.82, 2.24) is 0 Å². The third kappa shape index (κ3) is 6.28. The fourth-order valence-corrected chi connectivity index (χ4v) is 1.86. The van der Waals surface area contributed by atoms with Crippen LogP contribution in [0.25, 0.3) is 0 Å². The van der Waals surface area contributed by atoms with Gasteiger partial charge < -0.3 is 9.47 Å². The standard InChI is InChI=1S/C19H18O4/c20-18(17-9-5-2-6-10-17)11-12-19(21)23-14-13-22-15-16-7-3-1-4-8-16/h1-12H,13-15H2/b12-11+. The van der Waals surface area contributed by atoms with Gasteiger partial charge in [-0.25, -0.2) is 4.79 Å². The van der Waals surface area contributed by atoms with Crippen LogP contribution in [0.1, 0.15) is 15.9 Å². The Labute approximate surface area is 135 Å². The highest BCUT2D eigenvalue weighted by atomic mass is 16.6. The van der Waals surface area contributed by atoms with Crippen LogP contribution in [0.2, 0.25) is 0 Å². The van der Waals surface area contributed by atoms with Gasteiger partial charge in [0.1, 0.15) is 6.61 Å². The molecule has 0 atom stereocenters. The number of rotatable bonds is 8. The molecule has 23 heavy (non-hydrogen) atoms. The Kier molecular flexibility index (Phi) is 6.75. The highest BCUT2D eigenvalue weighted by Crippen LogP contribution is 2.01. The lowest BCUT2D eigenvalue weighted by molar-refractivity contribution is -0.139. The van der Waals surface area contributed by atoms with Crippen LogP contribution in [0.5, 0.6) is 0 Å². The molecule has 4 heteroatoms. The molecular formula is C19H18O4. The molecule has 2 aromatic rings. The van der Waals surface area contributed by atoms with E-state index < -0.39 is 5.97 Å². The van der Waals surface area contributed by atoms with Gasteiger partial charge >= 0.3 is 5.97 Å². The first-order valence-corrected chi connectivity index (χ1v) is 7.31. The maximum Gasteiger partial charge on any atom is 0.330 e. The fraction of sp³-hybridized carbons (Fsp3) is 0.158. The van der Waals surface area contributed by atoms with Crippen molar-refractivity contribution in [3.8, 4) is 0 Å². The quantitative estimate of drug-likeness (QED) is 0.325. The minimum atomic E-state index is -0.558. The van der Waals surface area contributed by atoms with Crippen LogP contribution in [-0.2, 0) is 20.9 Å². The summed E-state index contributed by atoms with van der Waals surface area (Å²) < 4.78 is 10.4. The Morgan fingerprint density at radius 2 is 1.48 bits per heavy atom. The zero-order chi connectivity index (χ0) is 16.3. The Morgan fingerprint density at radius 3 is 2.17 bits per heavy atom. The van der Waals surface area contributed by atoms with E-state index in [1.54, 1.807) is 24.3 Å². The number of ketones is 1. The number of hydrogen-bond acceptors (Lipinski definition) is 4. The lowest BCUT2D eigenvalue weighted by atomic mass is 10.1. The fourth-order valence-electron chi connectivity index (χ4n) is 1.86. The normalized spacial score (nSPS) is 10.6. The number of benzene rings is 2. The second-order valence-electron chi connectivity index (χ2n) is 4.77. The molecule has 0 radical (unpaired) electrons. The minimum absolute atomic E-state index is 0.148. The van der Waals surface area contributed by atoms with Gasteiger partial charge in [-0.05, 0) is 11.6 Å². The topological polar surface area (TPSA) is 52.6 Å².